The van der Waals surface area contributed by atoms with Gasteiger partial charge >= 0.3 is 5.97 Å². The number of hydrogen-bond acceptors (Lipinski definition) is 2. The van der Waals surface area contributed by atoms with Gasteiger partial charge in [-0.1, -0.05) is 38.8 Å². The maximum Gasteiger partial charge on any atom is 0.306 e. The molecule has 0 heterocycles. The molecule has 0 amide bonds. The zero-order valence-electron chi connectivity index (χ0n) is 12.1. The van der Waals surface area contributed by atoms with Gasteiger partial charge in [0.15, 0.2) is 0 Å². The quantitative estimate of drug-likeness (QED) is 0.340. The maximum atomic E-state index is 10.6. The van der Waals surface area contributed by atoms with E-state index < -0.39 is 5.97 Å². The van der Waals surface area contributed by atoms with E-state index >= 15 is 0 Å². The number of allylic oxidation sites excluding steroid dienone is 1. The summed E-state index contributed by atoms with van der Waals surface area (Å²) in [6, 6.07) is 0. The van der Waals surface area contributed by atoms with Crippen LogP contribution < -0.4 is 0 Å². The van der Waals surface area contributed by atoms with Crippen LogP contribution in [-0.4, -0.2) is 22.6 Å². The Balaban J connectivity index is 3.47. The lowest BCUT2D eigenvalue weighted by Crippen LogP contribution is -2.08. The SMILES string of the molecule is CCCC/C=C\CSCC=C=CCCC(C)C(=O)O. The summed E-state index contributed by atoms with van der Waals surface area (Å²) in [6.07, 6.45) is 13.6. The summed E-state index contributed by atoms with van der Waals surface area (Å²) in [4.78, 5) is 10.6. The minimum absolute atomic E-state index is 0.263. The highest BCUT2D eigenvalue weighted by atomic mass is 32.2. The molecule has 0 aromatic heterocycles. The second kappa shape index (κ2) is 13.5. The molecular weight excluding hydrogens is 256 g/mol. The van der Waals surface area contributed by atoms with Crippen molar-refractivity contribution in [3.8, 4) is 0 Å². The molecule has 0 aliphatic rings. The van der Waals surface area contributed by atoms with Crippen LogP contribution in [0.1, 0.15) is 46.0 Å². The average Bonchev–Trinajstić information content (AvgIpc) is 2.39. The maximum absolute atomic E-state index is 10.6. The van der Waals surface area contributed by atoms with Gasteiger partial charge in [0.1, 0.15) is 0 Å². The minimum atomic E-state index is -0.720. The van der Waals surface area contributed by atoms with Crippen molar-refractivity contribution < 1.29 is 9.90 Å². The largest absolute Gasteiger partial charge is 0.481 e. The van der Waals surface area contributed by atoms with E-state index in [4.69, 9.17) is 5.11 Å². The number of unbranched alkanes of at least 4 members (excludes halogenated alkanes) is 2. The van der Waals surface area contributed by atoms with Crippen LogP contribution in [0.3, 0.4) is 0 Å². The normalized spacial score (nSPS) is 12.1. The molecule has 0 aromatic carbocycles. The first-order valence-corrected chi connectivity index (χ1v) is 8.18. The molecule has 0 spiro atoms. The topological polar surface area (TPSA) is 37.3 Å². The van der Waals surface area contributed by atoms with Gasteiger partial charge in [0.05, 0.1) is 5.92 Å². The van der Waals surface area contributed by atoms with E-state index in [1.54, 1.807) is 6.92 Å². The second-order valence-corrected chi connectivity index (χ2v) is 5.62. The van der Waals surface area contributed by atoms with E-state index in [1.807, 2.05) is 23.9 Å². The Bertz CT molecular complexity index is 315. The van der Waals surface area contributed by atoms with Crippen LogP contribution in [0.5, 0.6) is 0 Å². The fraction of sp³-hybridized carbons (Fsp3) is 0.625. The number of thioether (sulfide) groups is 1. The van der Waals surface area contributed by atoms with Gasteiger partial charge in [-0.3, -0.25) is 4.79 Å². The van der Waals surface area contributed by atoms with Gasteiger partial charge < -0.3 is 5.11 Å². The summed E-state index contributed by atoms with van der Waals surface area (Å²) < 4.78 is 0. The average molecular weight is 282 g/mol. The van der Waals surface area contributed by atoms with Gasteiger partial charge in [-0.05, 0) is 31.4 Å². The molecule has 1 atom stereocenters. The van der Waals surface area contributed by atoms with Gasteiger partial charge in [-0.25, -0.2) is 0 Å². The minimum Gasteiger partial charge on any atom is -0.481 e. The van der Waals surface area contributed by atoms with E-state index in [0.29, 0.717) is 6.42 Å². The lowest BCUT2D eigenvalue weighted by molar-refractivity contribution is -0.141. The Hall–Kier alpha value is -0.920. The fourth-order valence-corrected chi connectivity index (χ4v) is 2.00. The highest BCUT2D eigenvalue weighted by Crippen LogP contribution is 2.06. The van der Waals surface area contributed by atoms with Crippen molar-refractivity contribution in [2.75, 3.05) is 11.5 Å². The molecule has 1 N–H and O–H groups in total. The van der Waals surface area contributed by atoms with Crippen LogP contribution in [-0.2, 0) is 4.79 Å². The summed E-state index contributed by atoms with van der Waals surface area (Å²) in [5, 5.41) is 8.71. The smallest absolute Gasteiger partial charge is 0.306 e. The van der Waals surface area contributed by atoms with Crippen LogP contribution >= 0.6 is 11.8 Å². The van der Waals surface area contributed by atoms with E-state index in [9.17, 15) is 4.79 Å². The Morgan fingerprint density at radius 3 is 2.74 bits per heavy atom. The van der Waals surface area contributed by atoms with Crippen LogP contribution in [0.4, 0.5) is 0 Å². The molecule has 0 aromatic rings. The zero-order valence-corrected chi connectivity index (χ0v) is 12.9. The van der Waals surface area contributed by atoms with Gasteiger partial charge in [-0.15, -0.1) is 5.73 Å². The fourth-order valence-electron chi connectivity index (χ4n) is 1.37. The van der Waals surface area contributed by atoms with Crippen molar-refractivity contribution in [1.82, 2.24) is 0 Å². The van der Waals surface area contributed by atoms with Crippen LogP contribution in [0.25, 0.3) is 0 Å². The third-order valence-corrected chi connectivity index (χ3v) is 3.54. The van der Waals surface area contributed by atoms with Crippen molar-refractivity contribution >= 4 is 17.7 Å². The molecule has 0 aliphatic heterocycles. The highest BCUT2D eigenvalue weighted by Gasteiger charge is 2.08. The highest BCUT2D eigenvalue weighted by molar-refractivity contribution is 7.99. The van der Waals surface area contributed by atoms with E-state index in [0.717, 1.165) is 17.9 Å². The van der Waals surface area contributed by atoms with Crippen molar-refractivity contribution in [3.63, 3.8) is 0 Å². The number of carboxylic acids is 1. The molecule has 108 valence electrons. The summed E-state index contributed by atoms with van der Waals surface area (Å²) >= 11 is 1.86. The van der Waals surface area contributed by atoms with Crippen molar-refractivity contribution in [2.45, 2.75) is 46.0 Å². The Kier molecular flexibility index (Phi) is 12.9. The second-order valence-electron chi connectivity index (χ2n) is 4.54. The number of carbonyl (C=O) groups is 1. The number of carboxylic acid groups (broad SMARTS) is 1. The first-order chi connectivity index (χ1) is 9.18. The number of hydrogen-bond donors (Lipinski definition) is 1. The van der Waals surface area contributed by atoms with Gasteiger partial charge in [0.2, 0.25) is 0 Å². The van der Waals surface area contributed by atoms with Crippen molar-refractivity contribution in [3.05, 3.63) is 30.0 Å². The van der Waals surface area contributed by atoms with Gasteiger partial charge in [0.25, 0.3) is 0 Å². The Morgan fingerprint density at radius 2 is 2.05 bits per heavy atom. The van der Waals surface area contributed by atoms with E-state index in [2.05, 4.69) is 24.8 Å². The lowest BCUT2D eigenvalue weighted by atomic mass is 10.1. The molecule has 0 saturated carbocycles. The first-order valence-electron chi connectivity index (χ1n) is 7.03. The van der Waals surface area contributed by atoms with Gasteiger partial charge in [0, 0.05) is 11.5 Å². The molecule has 0 fully saturated rings. The third-order valence-electron chi connectivity index (χ3n) is 2.71. The number of rotatable bonds is 11. The molecule has 0 bridgehead atoms. The molecule has 0 aliphatic carbocycles. The van der Waals surface area contributed by atoms with E-state index in [-0.39, 0.29) is 5.92 Å². The molecule has 3 heteroatoms. The first kappa shape index (κ1) is 18.1. The summed E-state index contributed by atoms with van der Waals surface area (Å²) in [5.74, 6) is 1.03. The molecule has 0 rings (SSSR count). The number of aliphatic carboxylic acids is 1. The van der Waals surface area contributed by atoms with Crippen LogP contribution in [0.2, 0.25) is 0 Å². The summed E-state index contributed by atoms with van der Waals surface area (Å²) in [6.45, 7) is 3.94. The Labute approximate surface area is 121 Å². The summed E-state index contributed by atoms with van der Waals surface area (Å²) in [5.41, 5.74) is 3.10. The molecule has 0 saturated heterocycles. The van der Waals surface area contributed by atoms with Crippen LogP contribution in [0, 0.1) is 5.92 Å². The van der Waals surface area contributed by atoms with E-state index in [1.165, 1.54) is 19.3 Å². The molecule has 1 unspecified atom stereocenters. The summed E-state index contributed by atoms with van der Waals surface area (Å²) in [7, 11) is 0. The predicted octanol–water partition coefficient (Wildman–Crippen LogP) is 4.68. The molecule has 2 nitrogen and oxygen atoms in total. The monoisotopic (exact) mass is 282 g/mol. The third kappa shape index (κ3) is 13.3. The van der Waals surface area contributed by atoms with Crippen molar-refractivity contribution in [1.29, 1.82) is 0 Å². The Morgan fingerprint density at radius 1 is 1.26 bits per heavy atom. The molecular formula is C16H26O2S. The van der Waals surface area contributed by atoms with Crippen molar-refractivity contribution in [2.24, 2.45) is 5.92 Å². The predicted molar refractivity (Wildman–Crippen MR) is 84.7 cm³/mol. The van der Waals surface area contributed by atoms with Gasteiger partial charge in [-0.2, -0.15) is 11.8 Å². The lowest BCUT2D eigenvalue weighted by Gasteiger charge is -2.00. The standard InChI is InChI=1S/C16H26O2S/c1-3-4-5-7-10-13-19-14-11-8-6-9-12-15(2)16(17)18/h6-7,10-11,15H,3-5,9,12-14H2,1-2H3,(H,17,18)/b10-7-. The van der Waals surface area contributed by atoms with Crippen LogP contribution in [0.15, 0.2) is 30.0 Å². The zero-order chi connectivity index (χ0) is 14.3. The molecule has 0 radical (unpaired) electrons. The molecule has 19 heavy (non-hydrogen) atoms.